The minimum atomic E-state index is -0.235. The molecule has 2 aromatic heterocycles. The van der Waals surface area contributed by atoms with Crippen LogP contribution in [0.15, 0.2) is 60.9 Å². The van der Waals surface area contributed by atoms with Crippen LogP contribution in [0.2, 0.25) is 0 Å². The average Bonchev–Trinajstić information content (AvgIpc) is 3.13. The van der Waals surface area contributed by atoms with E-state index >= 15 is 0 Å². The SMILES string of the molecule is O=C1CCC(ONc2ccc(-c3ccc(O)cc3)cn2)n2cccc21. The summed E-state index contributed by atoms with van der Waals surface area (Å²) in [7, 11) is 0. The molecule has 25 heavy (non-hydrogen) atoms. The Morgan fingerprint density at radius 2 is 1.92 bits per heavy atom. The summed E-state index contributed by atoms with van der Waals surface area (Å²) in [5.74, 6) is 0.966. The molecule has 3 heterocycles. The molecule has 4 rings (SSSR count). The van der Waals surface area contributed by atoms with Crippen LogP contribution in [-0.4, -0.2) is 20.4 Å². The Morgan fingerprint density at radius 1 is 1.12 bits per heavy atom. The molecule has 2 N–H and O–H groups in total. The number of phenolic OH excluding ortho intramolecular Hbond substituents is 1. The van der Waals surface area contributed by atoms with E-state index in [1.165, 1.54) is 0 Å². The third-order valence-electron chi connectivity index (χ3n) is 4.26. The number of rotatable bonds is 4. The van der Waals surface area contributed by atoms with E-state index in [0.717, 1.165) is 11.1 Å². The van der Waals surface area contributed by atoms with Crippen molar-refractivity contribution >= 4 is 11.6 Å². The first-order valence-corrected chi connectivity index (χ1v) is 8.08. The highest BCUT2D eigenvalue weighted by atomic mass is 16.7. The lowest BCUT2D eigenvalue weighted by Gasteiger charge is -2.25. The Labute approximate surface area is 144 Å². The summed E-state index contributed by atoms with van der Waals surface area (Å²) in [5, 5.41) is 9.35. The zero-order chi connectivity index (χ0) is 17.2. The number of hydrogen-bond acceptors (Lipinski definition) is 5. The second kappa shape index (κ2) is 6.41. The molecule has 1 aliphatic heterocycles. The van der Waals surface area contributed by atoms with Gasteiger partial charge in [0.25, 0.3) is 0 Å². The van der Waals surface area contributed by atoms with Gasteiger partial charge in [0.1, 0.15) is 11.6 Å². The molecule has 0 spiro atoms. The van der Waals surface area contributed by atoms with Crippen LogP contribution in [0.25, 0.3) is 11.1 Å². The summed E-state index contributed by atoms with van der Waals surface area (Å²) in [6.45, 7) is 0. The highest BCUT2D eigenvalue weighted by Gasteiger charge is 2.25. The number of Topliss-reactive ketones (excluding diaryl/α,β-unsaturated/α-hetero) is 1. The molecule has 126 valence electrons. The summed E-state index contributed by atoms with van der Waals surface area (Å²) >= 11 is 0. The molecular weight excluding hydrogens is 318 g/mol. The van der Waals surface area contributed by atoms with Gasteiger partial charge in [-0.1, -0.05) is 12.1 Å². The lowest BCUT2D eigenvalue weighted by Crippen LogP contribution is -2.25. The summed E-state index contributed by atoms with van der Waals surface area (Å²) in [4.78, 5) is 21.9. The molecule has 1 unspecified atom stereocenters. The van der Waals surface area contributed by atoms with E-state index < -0.39 is 0 Å². The van der Waals surface area contributed by atoms with Crippen LogP contribution >= 0.6 is 0 Å². The van der Waals surface area contributed by atoms with Gasteiger partial charge >= 0.3 is 0 Å². The largest absolute Gasteiger partial charge is 0.508 e. The Bertz CT molecular complexity index is 885. The quantitative estimate of drug-likeness (QED) is 0.710. The van der Waals surface area contributed by atoms with Gasteiger partial charge in [0, 0.05) is 30.8 Å². The Hall–Kier alpha value is -3.12. The average molecular weight is 335 g/mol. The van der Waals surface area contributed by atoms with Gasteiger partial charge in [-0.3, -0.25) is 4.79 Å². The fourth-order valence-corrected chi connectivity index (χ4v) is 2.93. The minimum absolute atomic E-state index is 0.140. The van der Waals surface area contributed by atoms with Crippen LogP contribution < -0.4 is 5.48 Å². The van der Waals surface area contributed by atoms with Crippen LogP contribution in [0.4, 0.5) is 5.82 Å². The van der Waals surface area contributed by atoms with Gasteiger partial charge in [-0.15, -0.1) is 0 Å². The Balaban J connectivity index is 1.43. The molecule has 1 aliphatic rings. The number of phenols is 1. The number of aromatic nitrogens is 2. The number of pyridine rings is 1. The summed E-state index contributed by atoms with van der Waals surface area (Å²) in [6.07, 6.45) is 4.45. The van der Waals surface area contributed by atoms with Crippen molar-refractivity contribution in [2.45, 2.75) is 19.1 Å². The summed E-state index contributed by atoms with van der Waals surface area (Å²) in [5.41, 5.74) is 5.46. The summed E-state index contributed by atoms with van der Waals surface area (Å²) < 4.78 is 1.84. The van der Waals surface area contributed by atoms with E-state index in [4.69, 9.17) is 4.84 Å². The standard InChI is InChI=1S/C19H17N3O3/c23-15-6-3-13(4-7-15)14-5-9-18(20-12-14)21-25-19-10-8-17(24)16-2-1-11-22(16)19/h1-7,9,11-12,19,23H,8,10H2,(H,20,21). The van der Waals surface area contributed by atoms with E-state index in [9.17, 15) is 9.90 Å². The maximum Gasteiger partial charge on any atom is 0.179 e. The van der Waals surface area contributed by atoms with Gasteiger partial charge in [0.2, 0.25) is 0 Å². The van der Waals surface area contributed by atoms with Gasteiger partial charge in [-0.2, -0.15) is 0 Å². The van der Waals surface area contributed by atoms with Crippen LogP contribution in [0.1, 0.15) is 29.6 Å². The first kappa shape index (κ1) is 15.4. The number of carbonyl (C=O) groups is 1. The van der Waals surface area contributed by atoms with E-state index in [2.05, 4.69) is 10.5 Å². The lowest BCUT2D eigenvalue weighted by molar-refractivity contribution is 0.0228. The van der Waals surface area contributed by atoms with Gasteiger partial charge in [0.15, 0.2) is 12.0 Å². The molecule has 0 radical (unpaired) electrons. The lowest BCUT2D eigenvalue weighted by atomic mass is 10.1. The number of carbonyl (C=O) groups excluding carboxylic acids is 1. The molecule has 0 aliphatic carbocycles. The number of anilines is 1. The van der Waals surface area contributed by atoms with Crippen molar-refractivity contribution in [2.75, 3.05) is 5.48 Å². The normalized spacial score (nSPS) is 16.5. The van der Waals surface area contributed by atoms with Gasteiger partial charge in [-0.05, 0) is 42.0 Å². The molecule has 0 fully saturated rings. The van der Waals surface area contributed by atoms with Gasteiger partial charge in [0.05, 0.1) is 5.69 Å². The third kappa shape index (κ3) is 3.12. The van der Waals surface area contributed by atoms with Crippen LogP contribution in [0.3, 0.4) is 0 Å². The van der Waals surface area contributed by atoms with Gasteiger partial charge in [-0.25, -0.2) is 15.3 Å². The van der Waals surface area contributed by atoms with E-state index in [-0.39, 0.29) is 17.8 Å². The molecule has 6 nitrogen and oxygen atoms in total. The van der Waals surface area contributed by atoms with E-state index in [1.807, 2.05) is 47.2 Å². The van der Waals surface area contributed by atoms with Crippen LogP contribution in [0.5, 0.6) is 5.75 Å². The second-order valence-corrected chi connectivity index (χ2v) is 5.92. The number of ketones is 1. The predicted octanol–water partition coefficient (Wildman–Crippen LogP) is 3.77. The maximum atomic E-state index is 11.8. The van der Waals surface area contributed by atoms with Crippen molar-refractivity contribution in [1.82, 2.24) is 9.55 Å². The number of aromatic hydroxyl groups is 1. The highest BCUT2D eigenvalue weighted by molar-refractivity contribution is 5.95. The molecule has 1 aromatic carbocycles. The van der Waals surface area contributed by atoms with Crippen molar-refractivity contribution in [3.8, 4) is 16.9 Å². The van der Waals surface area contributed by atoms with Crippen molar-refractivity contribution < 1.29 is 14.7 Å². The second-order valence-electron chi connectivity index (χ2n) is 5.92. The number of benzene rings is 1. The maximum absolute atomic E-state index is 11.8. The molecule has 1 atom stereocenters. The summed E-state index contributed by atoms with van der Waals surface area (Å²) in [6, 6.07) is 14.4. The van der Waals surface area contributed by atoms with Crippen molar-refractivity contribution in [1.29, 1.82) is 0 Å². The number of hydrogen-bond donors (Lipinski definition) is 2. The fraction of sp³-hybridized carbons (Fsp3) is 0.158. The van der Waals surface area contributed by atoms with Crippen LogP contribution in [-0.2, 0) is 4.84 Å². The number of nitrogens with zero attached hydrogens (tertiary/aromatic N) is 2. The molecule has 0 bridgehead atoms. The zero-order valence-electron chi connectivity index (χ0n) is 13.4. The molecule has 3 aromatic rings. The van der Waals surface area contributed by atoms with Crippen LogP contribution in [0, 0.1) is 0 Å². The molecular formula is C19H17N3O3. The Kier molecular flexibility index (Phi) is 3.95. The van der Waals surface area contributed by atoms with Crippen molar-refractivity contribution in [2.24, 2.45) is 0 Å². The van der Waals surface area contributed by atoms with Crippen molar-refractivity contribution in [3.63, 3.8) is 0 Å². The third-order valence-corrected chi connectivity index (χ3v) is 4.26. The first-order valence-electron chi connectivity index (χ1n) is 8.08. The smallest absolute Gasteiger partial charge is 0.179 e. The molecule has 0 saturated carbocycles. The Morgan fingerprint density at radius 3 is 2.68 bits per heavy atom. The van der Waals surface area contributed by atoms with E-state index in [0.29, 0.717) is 24.4 Å². The van der Waals surface area contributed by atoms with E-state index in [1.54, 1.807) is 18.3 Å². The fourth-order valence-electron chi connectivity index (χ4n) is 2.93. The molecule has 6 heteroatoms. The molecule has 0 amide bonds. The monoisotopic (exact) mass is 335 g/mol. The highest BCUT2D eigenvalue weighted by Crippen LogP contribution is 2.27. The number of nitrogens with one attached hydrogen (secondary N) is 1. The van der Waals surface area contributed by atoms with Crippen molar-refractivity contribution in [3.05, 3.63) is 66.6 Å². The minimum Gasteiger partial charge on any atom is -0.508 e. The predicted molar refractivity (Wildman–Crippen MR) is 93.1 cm³/mol. The topological polar surface area (TPSA) is 76.4 Å². The molecule has 0 saturated heterocycles. The first-order chi connectivity index (χ1) is 12.2. The van der Waals surface area contributed by atoms with Gasteiger partial charge < -0.3 is 9.67 Å². The number of fused-ring (bicyclic) bond motifs is 1. The zero-order valence-corrected chi connectivity index (χ0v) is 13.4.